The molecular weight excluding hydrogens is 587 g/mol. The Hall–Kier alpha value is -2.67. The summed E-state index contributed by atoms with van der Waals surface area (Å²) in [6, 6.07) is -0.578. The van der Waals surface area contributed by atoms with Gasteiger partial charge in [-0.2, -0.15) is 74.6 Å². The third kappa shape index (κ3) is 5.02. The molecule has 1 aliphatic heterocycles. The highest BCUT2D eigenvalue weighted by molar-refractivity contribution is 5.32. The second-order valence-electron chi connectivity index (χ2n) is 7.37. The summed E-state index contributed by atoms with van der Waals surface area (Å²) in [4.78, 5) is 0. The van der Waals surface area contributed by atoms with E-state index < -0.39 is 59.3 Å². The lowest BCUT2D eigenvalue weighted by Gasteiger charge is -2.41. The van der Waals surface area contributed by atoms with Crippen molar-refractivity contribution in [2.45, 2.75) is 47.8 Å². The molecule has 1 aliphatic rings. The third-order valence-electron chi connectivity index (χ3n) is 4.65. The highest BCUT2D eigenvalue weighted by Crippen LogP contribution is 2.63. The molecule has 3 nitrogen and oxygen atoms in total. The van der Waals surface area contributed by atoms with Gasteiger partial charge in [0.2, 0.25) is 5.83 Å². The second-order valence-corrected chi connectivity index (χ2v) is 7.37. The normalized spacial score (nSPS) is 18.7. The van der Waals surface area contributed by atoms with Crippen LogP contribution in [0.5, 0.6) is 11.5 Å². The highest BCUT2D eigenvalue weighted by atomic mass is 19.4. The molecule has 1 aromatic rings. The van der Waals surface area contributed by atoms with E-state index in [1.165, 1.54) is 0 Å². The molecule has 1 heterocycles. The monoisotopic (exact) mass is 596 g/mol. The molecular formula is C18H9F17O3. The molecule has 0 spiro atoms. The lowest BCUT2D eigenvalue weighted by atomic mass is 9.91. The predicted octanol–water partition coefficient (Wildman–Crippen LogP) is 7.33. The van der Waals surface area contributed by atoms with Crippen LogP contribution in [0.1, 0.15) is 0 Å². The summed E-state index contributed by atoms with van der Waals surface area (Å²) in [5, 5.41) is 0. The van der Waals surface area contributed by atoms with Crippen LogP contribution in [-0.2, 0) is 4.74 Å². The van der Waals surface area contributed by atoms with Crippen molar-refractivity contribution in [2.24, 2.45) is 0 Å². The molecule has 2 rings (SSSR count). The predicted molar refractivity (Wildman–Crippen MR) is 87.3 cm³/mol. The molecule has 0 radical (unpaired) electrons. The van der Waals surface area contributed by atoms with Gasteiger partial charge in [-0.25, -0.2) is 0 Å². The summed E-state index contributed by atoms with van der Waals surface area (Å²) in [6.45, 7) is 0.347. The van der Waals surface area contributed by atoms with Crippen LogP contribution >= 0.6 is 0 Å². The van der Waals surface area contributed by atoms with Crippen LogP contribution in [0.2, 0.25) is 0 Å². The number of alkyl halides is 15. The average Bonchev–Trinajstić information content (AvgIpc) is 3.61. The smallest absolute Gasteiger partial charge is 0.460 e. The van der Waals surface area contributed by atoms with E-state index in [1.807, 2.05) is 0 Å². The summed E-state index contributed by atoms with van der Waals surface area (Å²) < 4.78 is 238. The topological polar surface area (TPSA) is 31.0 Å². The quantitative estimate of drug-likeness (QED) is 0.152. The van der Waals surface area contributed by atoms with Gasteiger partial charge in [0, 0.05) is 0 Å². The van der Waals surface area contributed by atoms with E-state index >= 15 is 0 Å². The molecule has 1 atom stereocenters. The lowest BCUT2D eigenvalue weighted by Crippen LogP contribution is -2.72. The van der Waals surface area contributed by atoms with Gasteiger partial charge in [0.15, 0.2) is 0 Å². The third-order valence-corrected chi connectivity index (χ3v) is 4.65. The number of ether oxygens (including phenoxy) is 3. The van der Waals surface area contributed by atoms with Crippen molar-refractivity contribution >= 4 is 0 Å². The van der Waals surface area contributed by atoms with Crippen LogP contribution < -0.4 is 9.47 Å². The van der Waals surface area contributed by atoms with Gasteiger partial charge in [0.1, 0.15) is 24.2 Å². The summed E-state index contributed by atoms with van der Waals surface area (Å²) >= 11 is 0. The van der Waals surface area contributed by atoms with Crippen molar-refractivity contribution in [3.8, 4) is 11.5 Å². The number of benzene rings is 1. The first kappa shape index (κ1) is 31.5. The Balaban J connectivity index is 2.38. The number of rotatable bonds is 11. The molecule has 0 aliphatic carbocycles. The Kier molecular flexibility index (Phi) is 7.89. The van der Waals surface area contributed by atoms with Crippen LogP contribution in [0.25, 0.3) is 0 Å². The molecule has 1 fully saturated rings. The number of hydrogen-bond donors (Lipinski definition) is 0. The Morgan fingerprint density at radius 3 is 1.47 bits per heavy atom. The second kappa shape index (κ2) is 9.51. The van der Waals surface area contributed by atoms with Crippen LogP contribution in [0.4, 0.5) is 74.6 Å². The number of epoxide rings is 1. The van der Waals surface area contributed by atoms with Gasteiger partial charge in [0.05, 0.1) is 6.61 Å². The van der Waals surface area contributed by atoms with Gasteiger partial charge in [0.25, 0.3) is 0 Å². The molecule has 0 bridgehead atoms. The van der Waals surface area contributed by atoms with Gasteiger partial charge in [-0.15, -0.1) is 0 Å². The zero-order valence-electron chi connectivity index (χ0n) is 17.5. The maximum Gasteiger partial charge on any atom is 0.460 e. The van der Waals surface area contributed by atoms with E-state index in [1.54, 1.807) is 0 Å². The van der Waals surface area contributed by atoms with E-state index in [2.05, 4.69) is 4.74 Å². The molecule has 1 saturated heterocycles. The van der Waals surface area contributed by atoms with Gasteiger partial charge >= 0.3 is 47.7 Å². The van der Waals surface area contributed by atoms with Crippen molar-refractivity contribution in [3.63, 3.8) is 0 Å². The van der Waals surface area contributed by atoms with Gasteiger partial charge in [-0.1, -0.05) is 0 Å². The molecule has 1 unspecified atom stereocenters. The van der Waals surface area contributed by atoms with Gasteiger partial charge in [-0.3, -0.25) is 0 Å². The van der Waals surface area contributed by atoms with Gasteiger partial charge < -0.3 is 14.2 Å². The van der Waals surface area contributed by atoms with Crippen molar-refractivity contribution in [3.05, 3.63) is 36.1 Å². The minimum absolute atomic E-state index is 0.00278. The zero-order valence-corrected chi connectivity index (χ0v) is 17.5. The SMILES string of the molecule is FC(Oc1ccc(OCC2CO2)cc1)=C(F)C(F)(F)C(F)(F)C(F)(F)C(F)(F)C(F)(F)C(F)(F)C(F)(F)F. The van der Waals surface area contributed by atoms with Crippen molar-refractivity contribution in [1.82, 2.24) is 0 Å². The van der Waals surface area contributed by atoms with Crippen LogP contribution in [-0.4, -0.2) is 61.0 Å². The Morgan fingerprint density at radius 2 is 1.05 bits per heavy atom. The van der Waals surface area contributed by atoms with Crippen molar-refractivity contribution < 1.29 is 88.8 Å². The first-order valence-electron chi connectivity index (χ1n) is 9.28. The maximum atomic E-state index is 13.7. The van der Waals surface area contributed by atoms with Crippen molar-refractivity contribution in [2.75, 3.05) is 13.2 Å². The standard InChI is InChI=1S/C18H9F17O3/c19-10(11(20)38-8-3-1-7(2-4-8)36-5-9-6-37-9)12(21,22)13(23,24)14(25,26)15(27,28)16(29,30)17(31,32)18(33,34)35/h1-4,9H,5-6H2. The number of hydrogen-bond acceptors (Lipinski definition) is 3. The summed E-state index contributed by atoms with van der Waals surface area (Å²) in [7, 11) is 0. The summed E-state index contributed by atoms with van der Waals surface area (Å²) in [6.07, 6.45) is -8.06. The average molecular weight is 596 g/mol. The summed E-state index contributed by atoms with van der Waals surface area (Å²) in [5.41, 5.74) is 0. The Morgan fingerprint density at radius 1 is 0.658 bits per heavy atom. The van der Waals surface area contributed by atoms with E-state index in [4.69, 9.17) is 9.47 Å². The molecule has 0 aromatic heterocycles. The highest BCUT2D eigenvalue weighted by Gasteiger charge is 2.93. The van der Waals surface area contributed by atoms with Crippen LogP contribution in [0.15, 0.2) is 36.1 Å². The maximum absolute atomic E-state index is 13.7. The van der Waals surface area contributed by atoms with Crippen LogP contribution in [0.3, 0.4) is 0 Å². The molecule has 20 heteroatoms. The first-order chi connectivity index (χ1) is 16.9. The molecule has 1 aromatic carbocycles. The Bertz CT molecular complexity index is 1030. The lowest BCUT2D eigenvalue weighted by molar-refractivity contribution is -0.451. The number of allylic oxidation sites excluding steroid dienone is 1. The largest absolute Gasteiger partial charge is 0.491 e. The molecule has 38 heavy (non-hydrogen) atoms. The van der Waals surface area contributed by atoms with Gasteiger partial charge in [-0.05, 0) is 24.3 Å². The zero-order chi connectivity index (χ0) is 29.8. The fourth-order valence-corrected chi connectivity index (χ4v) is 2.33. The van der Waals surface area contributed by atoms with E-state index in [0.29, 0.717) is 18.7 Å². The Labute approximate surface area is 198 Å². The minimum Gasteiger partial charge on any atom is -0.491 e. The molecule has 0 amide bonds. The number of halogens is 17. The molecule has 0 saturated carbocycles. The van der Waals surface area contributed by atoms with E-state index in [0.717, 1.165) is 12.1 Å². The van der Waals surface area contributed by atoms with Crippen molar-refractivity contribution in [1.29, 1.82) is 0 Å². The van der Waals surface area contributed by atoms with Crippen LogP contribution in [0, 0.1) is 0 Å². The fourth-order valence-electron chi connectivity index (χ4n) is 2.33. The van der Waals surface area contributed by atoms with E-state index in [-0.39, 0.29) is 18.5 Å². The fraction of sp³-hybridized carbons (Fsp3) is 0.556. The first-order valence-corrected chi connectivity index (χ1v) is 9.28. The minimum atomic E-state index is -8.63. The molecule has 218 valence electrons. The molecule has 0 N–H and O–H groups in total. The summed E-state index contributed by atoms with van der Waals surface area (Å²) in [5.74, 6) is -55.3. The van der Waals surface area contributed by atoms with E-state index in [9.17, 15) is 74.6 Å².